The van der Waals surface area contributed by atoms with Gasteiger partial charge in [-0.1, -0.05) is 47.1 Å². The standard InChI is InChI=1S/C16H12ClFN2O2/c17-14-4-2-1-3-12(14)9-15-19-22-16(21)20(15)10-11-5-7-13(18)8-6-11/h1-8H,9-10H2. The lowest BCUT2D eigenvalue weighted by Crippen LogP contribution is -2.18. The monoisotopic (exact) mass is 318 g/mol. The Bertz CT molecular complexity index is 840. The third kappa shape index (κ3) is 3.09. The van der Waals surface area contributed by atoms with E-state index in [0.29, 0.717) is 17.3 Å². The topological polar surface area (TPSA) is 48.0 Å². The molecule has 3 aromatic rings. The summed E-state index contributed by atoms with van der Waals surface area (Å²) in [5.74, 6) is -0.397. The maximum atomic E-state index is 12.9. The fraction of sp³-hybridized carbons (Fsp3) is 0.125. The summed E-state index contributed by atoms with van der Waals surface area (Å²) in [5.41, 5.74) is 1.64. The predicted molar refractivity (Wildman–Crippen MR) is 80.5 cm³/mol. The number of hydrogen-bond donors (Lipinski definition) is 0. The minimum Gasteiger partial charge on any atom is -0.296 e. The van der Waals surface area contributed by atoms with Crippen LogP contribution in [0, 0.1) is 5.82 Å². The number of benzene rings is 2. The minimum atomic E-state index is -0.550. The number of nitrogens with zero attached hydrogens (tertiary/aromatic N) is 2. The average Bonchev–Trinajstić information content (AvgIpc) is 2.85. The van der Waals surface area contributed by atoms with Gasteiger partial charge in [-0.2, -0.15) is 0 Å². The molecule has 22 heavy (non-hydrogen) atoms. The van der Waals surface area contributed by atoms with E-state index in [4.69, 9.17) is 16.1 Å². The SMILES string of the molecule is O=c1onc(Cc2ccccc2Cl)n1Cc1ccc(F)cc1. The van der Waals surface area contributed by atoms with Gasteiger partial charge >= 0.3 is 5.76 Å². The van der Waals surface area contributed by atoms with Gasteiger partial charge in [0.25, 0.3) is 0 Å². The molecule has 0 atom stereocenters. The third-order valence-electron chi connectivity index (χ3n) is 3.32. The summed E-state index contributed by atoms with van der Waals surface area (Å²) in [5, 5.41) is 4.41. The fourth-order valence-electron chi connectivity index (χ4n) is 2.16. The highest BCUT2D eigenvalue weighted by molar-refractivity contribution is 6.31. The van der Waals surface area contributed by atoms with E-state index in [-0.39, 0.29) is 12.4 Å². The van der Waals surface area contributed by atoms with Gasteiger partial charge in [0, 0.05) is 11.4 Å². The Hall–Kier alpha value is -2.40. The molecule has 0 spiro atoms. The molecule has 0 amide bonds. The van der Waals surface area contributed by atoms with Crippen LogP contribution in [0.15, 0.2) is 57.8 Å². The van der Waals surface area contributed by atoms with Crippen molar-refractivity contribution in [2.45, 2.75) is 13.0 Å². The lowest BCUT2D eigenvalue weighted by atomic mass is 10.1. The van der Waals surface area contributed by atoms with Crippen LogP contribution in [0.1, 0.15) is 17.0 Å². The summed E-state index contributed by atoms with van der Waals surface area (Å²) < 4.78 is 19.1. The molecule has 0 saturated heterocycles. The van der Waals surface area contributed by atoms with Gasteiger partial charge in [0.2, 0.25) is 0 Å². The summed E-state index contributed by atoms with van der Waals surface area (Å²) in [6.07, 6.45) is 0.382. The molecule has 6 heteroatoms. The van der Waals surface area contributed by atoms with Crippen LogP contribution in [-0.4, -0.2) is 9.72 Å². The fourth-order valence-corrected chi connectivity index (χ4v) is 2.37. The summed E-state index contributed by atoms with van der Waals surface area (Å²) >= 11 is 6.12. The first kappa shape index (κ1) is 14.5. The molecule has 0 aliphatic carbocycles. The van der Waals surface area contributed by atoms with Gasteiger partial charge in [-0.25, -0.2) is 9.18 Å². The first-order valence-corrected chi connectivity index (χ1v) is 7.04. The van der Waals surface area contributed by atoms with Crippen molar-refractivity contribution in [3.63, 3.8) is 0 Å². The van der Waals surface area contributed by atoms with Crippen molar-refractivity contribution in [1.29, 1.82) is 0 Å². The van der Waals surface area contributed by atoms with Crippen LogP contribution in [0.3, 0.4) is 0 Å². The second-order valence-electron chi connectivity index (χ2n) is 4.85. The Labute approximate surface area is 130 Å². The lowest BCUT2D eigenvalue weighted by Gasteiger charge is -2.06. The molecule has 2 aromatic carbocycles. The van der Waals surface area contributed by atoms with Crippen molar-refractivity contribution >= 4 is 11.6 Å². The van der Waals surface area contributed by atoms with Gasteiger partial charge in [-0.15, -0.1) is 0 Å². The van der Waals surface area contributed by atoms with Gasteiger partial charge in [-0.05, 0) is 29.3 Å². The zero-order valence-electron chi connectivity index (χ0n) is 11.5. The number of aromatic nitrogens is 2. The molecule has 0 radical (unpaired) electrons. The summed E-state index contributed by atoms with van der Waals surface area (Å²) in [6, 6.07) is 13.3. The molecule has 1 heterocycles. The normalized spacial score (nSPS) is 10.8. The van der Waals surface area contributed by atoms with E-state index in [1.54, 1.807) is 18.2 Å². The van der Waals surface area contributed by atoms with Gasteiger partial charge < -0.3 is 0 Å². The van der Waals surface area contributed by atoms with Crippen LogP contribution in [0.5, 0.6) is 0 Å². The highest BCUT2D eigenvalue weighted by Crippen LogP contribution is 2.18. The Kier molecular flexibility index (Phi) is 4.06. The van der Waals surface area contributed by atoms with Crippen LogP contribution < -0.4 is 5.76 Å². The average molecular weight is 319 g/mol. The molecule has 0 aliphatic heterocycles. The molecule has 3 rings (SSSR count). The number of rotatable bonds is 4. The van der Waals surface area contributed by atoms with E-state index in [1.165, 1.54) is 16.7 Å². The Morgan fingerprint density at radius 3 is 2.59 bits per heavy atom. The van der Waals surface area contributed by atoms with Gasteiger partial charge in [0.1, 0.15) is 5.82 Å². The molecule has 0 saturated carbocycles. The quantitative estimate of drug-likeness (QED) is 0.742. The van der Waals surface area contributed by atoms with Crippen LogP contribution in [0.25, 0.3) is 0 Å². The lowest BCUT2D eigenvalue weighted by molar-refractivity contribution is 0.375. The molecule has 0 bridgehead atoms. The number of halogens is 2. The zero-order chi connectivity index (χ0) is 15.5. The molecule has 112 valence electrons. The van der Waals surface area contributed by atoms with E-state index in [9.17, 15) is 9.18 Å². The van der Waals surface area contributed by atoms with Gasteiger partial charge in [0.05, 0.1) is 6.54 Å². The van der Waals surface area contributed by atoms with Crippen LogP contribution in [0.2, 0.25) is 5.02 Å². The summed E-state index contributed by atoms with van der Waals surface area (Å²) in [7, 11) is 0. The molecule has 0 fully saturated rings. The summed E-state index contributed by atoms with van der Waals surface area (Å²) in [4.78, 5) is 11.8. The Morgan fingerprint density at radius 1 is 1.14 bits per heavy atom. The maximum Gasteiger partial charge on any atom is 0.441 e. The predicted octanol–water partition coefficient (Wildman–Crippen LogP) is 3.27. The largest absolute Gasteiger partial charge is 0.441 e. The van der Waals surface area contributed by atoms with Crippen LogP contribution >= 0.6 is 11.6 Å². The molecular formula is C16H12ClFN2O2. The smallest absolute Gasteiger partial charge is 0.296 e. The third-order valence-corrected chi connectivity index (χ3v) is 3.69. The van der Waals surface area contributed by atoms with E-state index in [1.807, 2.05) is 18.2 Å². The van der Waals surface area contributed by atoms with Crippen molar-refractivity contribution in [1.82, 2.24) is 9.72 Å². The van der Waals surface area contributed by atoms with Crippen molar-refractivity contribution in [2.24, 2.45) is 0 Å². The highest BCUT2D eigenvalue weighted by atomic mass is 35.5. The second kappa shape index (κ2) is 6.15. The van der Waals surface area contributed by atoms with Crippen LogP contribution in [-0.2, 0) is 13.0 Å². The molecule has 0 aliphatic rings. The summed E-state index contributed by atoms with van der Waals surface area (Å²) in [6.45, 7) is 0.266. The molecule has 1 aromatic heterocycles. The first-order valence-electron chi connectivity index (χ1n) is 6.67. The zero-order valence-corrected chi connectivity index (χ0v) is 12.3. The maximum absolute atomic E-state index is 12.9. The highest BCUT2D eigenvalue weighted by Gasteiger charge is 2.13. The van der Waals surface area contributed by atoms with Crippen molar-refractivity contribution in [3.05, 3.63) is 86.9 Å². The molecular weight excluding hydrogens is 307 g/mol. The van der Waals surface area contributed by atoms with Crippen molar-refractivity contribution in [3.8, 4) is 0 Å². The van der Waals surface area contributed by atoms with Crippen molar-refractivity contribution < 1.29 is 8.91 Å². The Balaban J connectivity index is 1.89. The van der Waals surface area contributed by atoms with Crippen molar-refractivity contribution in [2.75, 3.05) is 0 Å². The molecule has 4 nitrogen and oxygen atoms in total. The molecule has 0 unspecified atom stereocenters. The van der Waals surface area contributed by atoms with E-state index in [2.05, 4.69) is 5.16 Å². The Morgan fingerprint density at radius 2 is 1.86 bits per heavy atom. The first-order chi connectivity index (χ1) is 10.6. The second-order valence-corrected chi connectivity index (χ2v) is 5.25. The van der Waals surface area contributed by atoms with Gasteiger partial charge in [-0.3, -0.25) is 9.09 Å². The van der Waals surface area contributed by atoms with E-state index < -0.39 is 5.76 Å². The molecule has 0 N–H and O–H groups in total. The van der Waals surface area contributed by atoms with Gasteiger partial charge in [0.15, 0.2) is 5.82 Å². The minimum absolute atomic E-state index is 0.266. The van der Waals surface area contributed by atoms with E-state index >= 15 is 0 Å². The number of hydrogen-bond acceptors (Lipinski definition) is 3. The van der Waals surface area contributed by atoms with E-state index in [0.717, 1.165) is 11.1 Å². The van der Waals surface area contributed by atoms with Crippen LogP contribution in [0.4, 0.5) is 4.39 Å².